The predicted octanol–water partition coefficient (Wildman–Crippen LogP) is 0.961. The summed E-state index contributed by atoms with van der Waals surface area (Å²) in [6.07, 6.45) is -7.26. The Balaban J connectivity index is 3.63. The Bertz CT molecular complexity index is 137. The van der Waals surface area contributed by atoms with Gasteiger partial charge in [0.15, 0.2) is 6.10 Å². The zero-order valence-electron chi connectivity index (χ0n) is 7.47. The standard InChI is InChI=1S/C7H13F3O3/c1-5(7(8,9)10)13-4-6(11)3-12-2/h5-6,11H,3-4H2,1-2H3. The molecule has 0 aliphatic heterocycles. The van der Waals surface area contributed by atoms with E-state index >= 15 is 0 Å². The van der Waals surface area contributed by atoms with Gasteiger partial charge < -0.3 is 14.6 Å². The smallest absolute Gasteiger partial charge is 0.388 e. The van der Waals surface area contributed by atoms with Crippen LogP contribution in [-0.2, 0) is 9.47 Å². The van der Waals surface area contributed by atoms with Crippen LogP contribution < -0.4 is 0 Å². The lowest BCUT2D eigenvalue weighted by molar-refractivity contribution is -0.220. The highest BCUT2D eigenvalue weighted by Crippen LogP contribution is 2.22. The van der Waals surface area contributed by atoms with Crippen molar-refractivity contribution < 1.29 is 27.8 Å². The summed E-state index contributed by atoms with van der Waals surface area (Å²) in [5.41, 5.74) is 0. The minimum atomic E-state index is -4.38. The van der Waals surface area contributed by atoms with Gasteiger partial charge in [-0.1, -0.05) is 0 Å². The van der Waals surface area contributed by atoms with Crippen LogP contribution in [0.3, 0.4) is 0 Å². The maximum Gasteiger partial charge on any atom is 0.414 e. The van der Waals surface area contributed by atoms with Crippen LogP contribution in [0.2, 0.25) is 0 Å². The van der Waals surface area contributed by atoms with Gasteiger partial charge in [0.1, 0.15) is 6.10 Å². The van der Waals surface area contributed by atoms with Crippen LogP contribution in [0, 0.1) is 0 Å². The van der Waals surface area contributed by atoms with E-state index in [9.17, 15) is 13.2 Å². The lowest BCUT2D eigenvalue weighted by Crippen LogP contribution is -2.32. The van der Waals surface area contributed by atoms with Crippen molar-refractivity contribution in [1.29, 1.82) is 0 Å². The number of hydrogen-bond acceptors (Lipinski definition) is 3. The molecule has 0 saturated heterocycles. The van der Waals surface area contributed by atoms with Crippen LogP contribution in [-0.4, -0.2) is 43.8 Å². The molecule has 0 radical (unpaired) electrons. The van der Waals surface area contributed by atoms with Crippen molar-refractivity contribution in [3.8, 4) is 0 Å². The van der Waals surface area contributed by atoms with Gasteiger partial charge in [-0.15, -0.1) is 0 Å². The van der Waals surface area contributed by atoms with Crippen molar-refractivity contribution in [3.05, 3.63) is 0 Å². The maximum absolute atomic E-state index is 11.8. The second kappa shape index (κ2) is 5.41. The van der Waals surface area contributed by atoms with Crippen molar-refractivity contribution in [1.82, 2.24) is 0 Å². The Morgan fingerprint density at radius 3 is 2.23 bits per heavy atom. The number of hydrogen-bond donors (Lipinski definition) is 1. The van der Waals surface area contributed by atoms with Crippen LogP contribution in [0.4, 0.5) is 13.2 Å². The minimum Gasteiger partial charge on any atom is -0.388 e. The molecule has 0 fully saturated rings. The lowest BCUT2D eigenvalue weighted by atomic mass is 10.3. The van der Waals surface area contributed by atoms with Crippen LogP contribution >= 0.6 is 0 Å². The summed E-state index contributed by atoms with van der Waals surface area (Å²) in [6, 6.07) is 0. The number of alkyl halides is 3. The molecule has 0 spiro atoms. The average Bonchev–Trinajstić information content (AvgIpc) is 1.99. The zero-order valence-corrected chi connectivity index (χ0v) is 7.47. The van der Waals surface area contributed by atoms with Crippen LogP contribution in [0.25, 0.3) is 0 Å². The van der Waals surface area contributed by atoms with Crippen LogP contribution in [0.5, 0.6) is 0 Å². The van der Waals surface area contributed by atoms with Crippen molar-refractivity contribution in [3.63, 3.8) is 0 Å². The molecule has 3 nitrogen and oxygen atoms in total. The molecule has 0 aromatic carbocycles. The maximum atomic E-state index is 11.8. The van der Waals surface area contributed by atoms with E-state index in [-0.39, 0.29) is 13.2 Å². The molecule has 0 aliphatic carbocycles. The van der Waals surface area contributed by atoms with Crippen molar-refractivity contribution >= 4 is 0 Å². The first-order valence-electron chi connectivity index (χ1n) is 3.73. The molecule has 2 unspecified atom stereocenters. The molecule has 2 atom stereocenters. The molecule has 0 aromatic rings. The first kappa shape index (κ1) is 12.7. The fraction of sp³-hybridized carbons (Fsp3) is 1.00. The highest BCUT2D eigenvalue weighted by atomic mass is 19.4. The summed E-state index contributed by atoms with van der Waals surface area (Å²) < 4.78 is 44.4. The zero-order chi connectivity index (χ0) is 10.5. The van der Waals surface area contributed by atoms with Gasteiger partial charge in [0, 0.05) is 7.11 Å². The minimum absolute atomic E-state index is 0.0371. The van der Waals surface area contributed by atoms with Gasteiger partial charge in [-0.2, -0.15) is 13.2 Å². The van der Waals surface area contributed by atoms with Gasteiger partial charge in [-0.3, -0.25) is 0 Å². The molecule has 1 N–H and O–H groups in total. The monoisotopic (exact) mass is 202 g/mol. The second-order valence-electron chi connectivity index (χ2n) is 2.63. The van der Waals surface area contributed by atoms with E-state index in [2.05, 4.69) is 9.47 Å². The summed E-state index contributed by atoms with van der Waals surface area (Å²) in [6.45, 7) is 0.471. The van der Waals surface area contributed by atoms with E-state index in [0.29, 0.717) is 0 Å². The average molecular weight is 202 g/mol. The molecule has 0 heterocycles. The Labute approximate surface area is 74.4 Å². The van der Waals surface area contributed by atoms with Crippen LogP contribution in [0.15, 0.2) is 0 Å². The summed E-state index contributed by atoms with van der Waals surface area (Å²) in [5.74, 6) is 0. The van der Waals surface area contributed by atoms with E-state index < -0.39 is 18.4 Å². The molecule has 0 aromatic heterocycles. The summed E-state index contributed by atoms with van der Waals surface area (Å²) in [4.78, 5) is 0. The van der Waals surface area contributed by atoms with E-state index in [1.165, 1.54) is 7.11 Å². The van der Waals surface area contributed by atoms with Crippen molar-refractivity contribution in [2.45, 2.75) is 25.3 Å². The number of halogens is 3. The Morgan fingerprint density at radius 1 is 1.31 bits per heavy atom. The normalized spacial score (nSPS) is 17.1. The first-order chi connectivity index (χ1) is 5.88. The fourth-order valence-corrected chi connectivity index (χ4v) is 0.590. The van der Waals surface area contributed by atoms with Crippen molar-refractivity contribution in [2.24, 2.45) is 0 Å². The molecule has 6 heteroatoms. The summed E-state index contributed by atoms with van der Waals surface area (Å²) >= 11 is 0. The molecule has 13 heavy (non-hydrogen) atoms. The Kier molecular flexibility index (Phi) is 5.27. The highest BCUT2D eigenvalue weighted by Gasteiger charge is 2.37. The Hall–Kier alpha value is -0.330. The van der Waals surface area contributed by atoms with E-state index in [4.69, 9.17) is 5.11 Å². The molecular formula is C7H13F3O3. The number of ether oxygens (including phenoxy) is 2. The van der Waals surface area contributed by atoms with Crippen molar-refractivity contribution in [2.75, 3.05) is 20.3 Å². The molecule has 0 bridgehead atoms. The topological polar surface area (TPSA) is 38.7 Å². The van der Waals surface area contributed by atoms with E-state index in [0.717, 1.165) is 6.92 Å². The van der Waals surface area contributed by atoms with Gasteiger partial charge >= 0.3 is 6.18 Å². The molecule has 0 amide bonds. The predicted molar refractivity (Wildman–Crippen MR) is 39.4 cm³/mol. The van der Waals surface area contributed by atoms with Gasteiger partial charge in [0.2, 0.25) is 0 Å². The SMILES string of the molecule is COCC(O)COC(C)C(F)(F)F. The van der Waals surface area contributed by atoms with E-state index in [1.807, 2.05) is 0 Å². The van der Waals surface area contributed by atoms with Gasteiger partial charge in [-0.25, -0.2) is 0 Å². The highest BCUT2D eigenvalue weighted by molar-refractivity contribution is 4.62. The summed E-state index contributed by atoms with van der Waals surface area (Å²) in [5, 5.41) is 8.95. The largest absolute Gasteiger partial charge is 0.414 e. The number of methoxy groups -OCH3 is 1. The molecular weight excluding hydrogens is 189 g/mol. The molecule has 0 rings (SSSR count). The van der Waals surface area contributed by atoms with Crippen LogP contribution in [0.1, 0.15) is 6.92 Å². The van der Waals surface area contributed by atoms with Gasteiger partial charge in [-0.05, 0) is 6.92 Å². The number of aliphatic hydroxyl groups is 1. The number of rotatable bonds is 5. The third kappa shape index (κ3) is 5.84. The molecule has 0 saturated carbocycles. The molecule has 0 aliphatic rings. The summed E-state index contributed by atoms with van der Waals surface area (Å²) in [7, 11) is 1.34. The first-order valence-corrected chi connectivity index (χ1v) is 3.73. The second-order valence-corrected chi connectivity index (χ2v) is 2.63. The van der Waals surface area contributed by atoms with Gasteiger partial charge in [0.05, 0.1) is 13.2 Å². The Morgan fingerprint density at radius 2 is 1.85 bits per heavy atom. The quantitative estimate of drug-likeness (QED) is 0.721. The number of aliphatic hydroxyl groups excluding tert-OH is 1. The third-order valence-corrected chi connectivity index (χ3v) is 1.36. The van der Waals surface area contributed by atoms with E-state index in [1.54, 1.807) is 0 Å². The third-order valence-electron chi connectivity index (χ3n) is 1.36. The fourth-order valence-electron chi connectivity index (χ4n) is 0.590. The van der Waals surface area contributed by atoms with Gasteiger partial charge in [0.25, 0.3) is 0 Å². The lowest BCUT2D eigenvalue weighted by Gasteiger charge is -2.18. The molecule has 80 valence electrons.